The number of amides is 1. The Morgan fingerprint density at radius 1 is 1.05 bits per heavy atom. The zero-order chi connectivity index (χ0) is 15.0. The van der Waals surface area contributed by atoms with E-state index in [0.717, 1.165) is 58.1 Å². The van der Waals surface area contributed by atoms with E-state index in [1.165, 1.54) is 32.1 Å². The molecule has 1 unspecified atom stereocenters. The van der Waals surface area contributed by atoms with Crippen LogP contribution < -0.4 is 0 Å². The fourth-order valence-corrected chi connectivity index (χ4v) is 4.59. The van der Waals surface area contributed by atoms with Crippen molar-refractivity contribution >= 4 is 5.91 Å². The summed E-state index contributed by atoms with van der Waals surface area (Å²) < 4.78 is 12.1. The standard InChI is InChI=1S/C18H29NO3/c20-17(15-6-3-7-15)19-12-18(13-19)16(8-9-22-18)11-21-10-14-4-1-2-5-14/h14-16H,1-13H2. The third-order valence-electron chi connectivity index (χ3n) is 6.43. The number of hydrogen-bond donors (Lipinski definition) is 0. The first kappa shape index (κ1) is 14.9. The zero-order valence-corrected chi connectivity index (χ0v) is 13.6. The van der Waals surface area contributed by atoms with Gasteiger partial charge in [0.05, 0.1) is 19.7 Å². The van der Waals surface area contributed by atoms with E-state index in [2.05, 4.69) is 0 Å². The number of ether oxygens (including phenoxy) is 2. The molecule has 4 aliphatic rings. The highest BCUT2D eigenvalue weighted by Gasteiger charge is 2.55. The highest BCUT2D eigenvalue weighted by molar-refractivity contribution is 5.80. The van der Waals surface area contributed by atoms with Crippen LogP contribution in [0.1, 0.15) is 51.4 Å². The summed E-state index contributed by atoms with van der Waals surface area (Å²) in [7, 11) is 0. The van der Waals surface area contributed by atoms with Gasteiger partial charge in [0, 0.05) is 25.0 Å². The van der Waals surface area contributed by atoms with Gasteiger partial charge in [0.1, 0.15) is 5.60 Å². The molecule has 4 rings (SSSR count). The maximum Gasteiger partial charge on any atom is 0.225 e. The van der Waals surface area contributed by atoms with Crippen molar-refractivity contribution in [2.75, 3.05) is 32.9 Å². The van der Waals surface area contributed by atoms with Gasteiger partial charge in [0.15, 0.2) is 0 Å². The first-order valence-electron chi connectivity index (χ1n) is 9.27. The monoisotopic (exact) mass is 307 g/mol. The van der Waals surface area contributed by atoms with Crippen molar-refractivity contribution in [1.82, 2.24) is 4.90 Å². The summed E-state index contributed by atoms with van der Waals surface area (Å²) in [5, 5.41) is 0. The molecule has 0 bridgehead atoms. The molecule has 1 spiro atoms. The second-order valence-electron chi connectivity index (χ2n) is 7.91. The molecule has 4 heteroatoms. The Kier molecular flexibility index (Phi) is 4.16. The molecule has 2 aliphatic heterocycles. The number of carbonyl (C=O) groups is 1. The van der Waals surface area contributed by atoms with Crippen LogP contribution in [0.25, 0.3) is 0 Å². The molecule has 0 aromatic heterocycles. The van der Waals surface area contributed by atoms with Crippen molar-refractivity contribution in [3.05, 3.63) is 0 Å². The maximum atomic E-state index is 12.3. The van der Waals surface area contributed by atoms with Gasteiger partial charge in [-0.2, -0.15) is 0 Å². The van der Waals surface area contributed by atoms with E-state index in [4.69, 9.17) is 9.47 Å². The Hall–Kier alpha value is -0.610. The number of carbonyl (C=O) groups excluding carboxylic acids is 1. The van der Waals surface area contributed by atoms with Crippen molar-refractivity contribution in [2.24, 2.45) is 17.8 Å². The third kappa shape index (κ3) is 2.69. The van der Waals surface area contributed by atoms with Crippen LogP contribution in [0.3, 0.4) is 0 Å². The fourth-order valence-electron chi connectivity index (χ4n) is 4.59. The van der Waals surface area contributed by atoms with Crippen LogP contribution in [-0.4, -0.2) is 49.3 Å². The average molecular weight is 307 g/mol. The van der Waals surface area contributed by atoms with Gasteiger partial charge in [0.2, 0.25) is 5.91 Å². The lowest BCUT2D eigenvalue weighted by Gasteiger charge is -2.51. The van der Waals surface area contributed by atoms with E-state index in [1.54, 1.807) is 0 Å². The van der Waals surface area contributed by atoms with Crippen LogP contribution >= 0.6 is 0 Å². The van der Waals surface area contributed by atoms with Crippen LogP contribution in [0.5, 0.6) is 0 Å². The minimum atomic E-state index is -0.0743. The van der Waals surface area contributed by atoms with E-state index >= 15 is 0 Å². The predicted molar refractivity (Wildman–Crippen MR) is 83.5 cm³/mol. The summed E-state index contributed by atoms with van der Waals surface area (Å²) in [5.41, 5.74) is -0.0743. The summed E-state index contributed by atoms with van der Waals surface area (Å²) >= 11 is 0. The Balaban J connectivity index is 1.24. The summed E-state index contributed by atoms with van der Waals surface area (Å²) in [5.74, 6) is 1.96. The smallest absolute Gasteiger partial charge is 0.225 e. The van der Waals surface area contributed by atoms with E-state index in [1.807, 2.05) is 4.90 Å². The molecule has 0 radical (unpaired) electrons. The molecule has 2 aliphatic carbocycles. The lowest BCUT2D eigenvalue weighted by Crippen LogP contribution is -2.67. The van der Waals surface area contributed by atoms with Crippen molar-refractivity contribution in [2.45, 2.75) is 57.0 Å². The van der Waals surface area contributed by atoms with E-state index in [-0.39, 0.29) is 5.60 Å². The van der Waals surface area contributed by atoms with Gasteiger partial charge in [-0.25, -0.2) is 0 Å². The van der Waals surface area contributed by atoms with Crippen LogP contribution in [0.4, 0.5) is 0 Å². The molecule has 0 N–H and O–H groups in total. The second kappa shape index (κ2) is 6.12. The lowest BCUT2D eigenvalue weighted by molar-refractivity contribution is -0.174. The van der Waals surface area contributed by atoms with Gasteiger partial charge in [0.25, 0.3) is 0 Å². The van der Waals surface area contributed by atoms with E-state index < -0.39 is 0 Å². The minimum Gasteiger partial charge on any atom is -0.381 e. The van der Waals surface area contributed by atoms with Gasteiger partial charge in [-0.1, -0.05) is 19.3 Å². The molecule has 0 aromatic rings. The van der Waals surface area contributed by atoms with Gasteiger partial charge in [-0.05, 0) is 38.0 Å². The van der Waals surface area contributed by atoms with Gasteiger partial charge >= 0.3 is 0 Å². The van der Waals surface area contributed by atoms with Crippen molar-refractivity contribution in [3.8, 4) is 0 Å². The molecule has 0 aromatic carbocycles. The summed E-state index contributed by atoms with van der Waals surface area (Å²) in [6, 6.07) is 0. The van der Waals surface area contributed by atoms with Crippen molar-refractivity contribution < 1.29 is 14.3 Å². The summed E-state index contributed by atoms with van der Waals surface area (Å²) in [4.78, 5) is 14.3. The van der Waals surface area contributed by atoms with Crippen molar-refractivity contribution in [1.29, 1.82) is 0 Å². The van der Waals surface area contributed by atoms with Gasteiger partial charge in [-0.3, -0.25) is 4.79 Å². The first-order valence-corrected chi connectivity index (χ1v) is 9.27. The topological polar surface area (TPSA) is 38.8 Å². The minimum absolute atomic E-state index is 0.0743. The number of rotatable bonds is 5. The Bertz CT molecular complexity index is 409. The summed E-state index contributed by atoms with van der Waals surface area (Å²) in [6.07, 6.45) is 9.95. The van der Waals surface area contributed by atoms with E-state index in [9.17, 15) is 4.79 Å². The second-order valence-corrected chi connectivity index (χ2v) is 7.91. The zero-order valence-electron chi connectivity index (χ0n) is 13.6. The van der Waals surface area contributed by atoms with Crippen LogP contribution in [0, 0.1) is 17.8 Å². The van der Waals surface area contributed by atoms with Crippen LogP contribution in [-0.2, 0) is 14.3 Å². The van der Waals surface area contributed by atoms with E-state index in [0.29, 0.717) is 17.7 Å². The first-order chi connectivity index (χ1) is 10.8. The van der Waals surface area contributed by atoms with Crippen LogP contribution in [0.15, 0.2) is 0 Å². The number of likely N-dealkylation sites (tertiary alicyclic amines) is 1. The molecule has 124 valence electrons. The SMILES string of the molecule is O=C(C1CCC1)N1CC2(C1)OCCC2COCC1CCCC1. The molecule has 2 saturated heterocycles. The highest BCUT2D eigenvalue weighted by atomic mass is 16.5. The third-order valence-corrected chi connectivity index (χ3v) is 6.43. The lowest BCUT2D eigenvalue weighted by atomic mass is 9.78. The molecule has 2 heterocycles. The molecular formula is C18H29NO3. The number of nitrogens with zero attached hydrogens (tertiary/aromatic N) is 1. The highest BCUT2D eigenvalue weighted by Crippen LogP contribution is 2.42. The Morgan fingerprint density at radius 3 is 2.50 bits per heavy atom. The van der Waals surface area contributed by atoms with Gasteiger partial charge in [-0.15, -0.1) is 0 Å². The van der Waals surface area contributed by atoms with Gasteiger partial charge < -0.3 is 14.4 Å². The van der Waals surface area contributed by atoms with Crippen molar-refractivity contribution in [3.63, 3.8) is 0 Å². The molecule has 1 atom stereocenters. The normalized spacial score (nSPS) is 31.5. The molecule has 2 saturated carbocycles. The predicted octanol–water partition coefficient (Wildman–Crippen LogP) is 2.61. The quantitative estimate of drug-likeness (QED) is 0.784. The number of hydrogen-bond acceptors (Lipinski definition) is 3. The largest absolute Gasteiger partial charge is 0.381 e. The molecule has 1 amide bonds. The Labute approximate surface area is 133 Å². The molecule has 22 heavy (non-hydrogen) atoms. The Morgan fingerprint density at radius 2 is 1.82 bits per heavy atom. The fraction of sp³-hybridized carbons (Fsp3) is 0.944. The maximum absolute atomic E-state index is 12.3. The molecular weight excluding hydrogens is 278 g/mol. The van der Waals surface area contributed by atoms with Crippen LogP contribution in [0.2, 0.25) is 0 Å². The average Bonchev–Trinajstić information content (AvgIpc) is 3.03. The summed E-state index contributed by atoms with van der Waals surface area (Å²) in [6.45, 7) is 4.20. The molecule has 4 fully saturated rings. The molecule has 4 nitrogen and oxygen atoms in total.